The number of nitriles is 1. The van der Waals surface area contributed by atoms with Crippen molar-refractivity contribution in [2.75, 3.05) is 5.73 Å². The van der Waals surface area contributed by atoms with Gasteiger partial charge in [-0.2, -0.15) is 5.26 Å². The molecule has 0 amide bonds. The number of benzene rings is 2. The lowest BCUT2D eigenvalue weighted by Gasteiger charge is -2.05. The minimum atomic E-state index is 0.166. The van der Waals surface area contributed by atoms with E-state index in [4.69, 9.17) is 11.0 Å². The topological polar surface area (TPSA) is 70.0 Å². The highest BCUT2D eigenvalue weighted by molar-refractivity contribution is 7.99. The summed E-state index contributed by atoms with van der Waals surface area (Å²) in [5.74, 6) is 0.166. The van der Waals surface area contributed by atoms with Gasteiger partial charge in [-0.1, -0.05) is 11.8 Å². The highest BCUT2D eigenvalue weighted by Crippen LogP contribution is 2.35. The van der Waals surface area contributed by atoms with Crippen LogP contribution >= 0.6 is 11.8 Å². The van der Waals surface area contributed by atoms with E-state index in [0.29, 0.717) is 11.3 Å². The fourth-order valence-electron chi connectivity index (χ4n) is 1.35. The maximum absolute atomic E-state index is 9.70. The first kappa shape index (κ1) is 11.4. The predicted molar refractivity (Wildman–Crippen MR) is 67.8 cm³/mol. The van der Waals surface area contributed by atoms with E-state index in [9.17, 15) is 5.11 Å². The summed E-state index contributed by atoms with van der Waals surface area (Å²) in [5.41, 5.74) is 6.71. The number of rotatable bonds is 2. The minimum absolute atomic E-state index is 0.166. The van der Waals surface area contributed by atoms with Crippen LogP contribution in [0.3, 0.4) is 0 Å². The molecule has 0 bridgehead atoms. The Kier molecular flexibility index (Phi) is 3.22. The Balaban J connectivity index is 2.23. The van der Waals surface area contributed by atoms with Crippen molar-refractivity contribution in [1.82, 2.24) is 0 Å². The smallest absolute Gasteiger partial charge is 0.131 e. The van der Waals surface area contributed by atoms with Crippen molar-refractivity contribution < 1.29 is 5.11 Å². The molecule has 0 fully saturated rings. The monoisotopic (exact) mass is 242 g/mol. The minimum Gasteiger partial charge on any atom is -0.507 e. The zero-order valence-electron chi connectivity index (χ0n) is 8.92. The van der Waals surface area contributed by atoms with E-state index in [1.54, 1.807) is 24.3 Å². The lowest BCUT2D eigenvalue weighted by molar-refractivity contribution is 0.463. The average molecular weight is 242 g/mol. The van der Waals surface area contributed by atoms with Gasteiger partial charge in [0.1, 0.15) is 5.75 Å². The molecule has 0 saturated carbocycles. The van der Waals surface area contributed by atoms with Crippen LogP contribution in [0.4, 0.5) is 5.69 Å². The second-order valence-electron chi connectivity index (χ2n) is 3.47. The van der Waals surface area contributed by atoms with Crippen LogP contribution in [0.15, 0.2) is 52.3 Å². The van der Waals surface area contributed by atoms with Crippen LogP contribution in [-0.2, 0) is 0 Å². The van der Waals surface area contributed by atoms with Crippen LogP contribution in [0.2, 0.25) is 0 Å². The Morgan fingerprint density at radius 3 is 2.41 bits per heavy atom. The zero-order valence-corrected chi connectivity index (χ0v) is 9.74. The largest absolute Gasteiger partial charge is 0.507 e. The SMILES string of the molecule is N#Cc1ccc(Sc2ccc(N)cc2O)cc1. The molecule has 0 unspecified atom stereocenters. The van der Waals surface area contributed by atoms with Gasteiger partial charge < -0.3 is 10.8 Å². The van der Waals surface area contributed by atoms with Gasteiger partial charge in [-0.15, -0.1) is 0 Å². The summed E-state index contributed by atoms with van der Waals surface area (Å²) < 4.78 is 0. The maximum atomic E-state index is 9.70. The molecule has 3 N–H and O–H groups in total. The standard InChI is InChI=1S/C13H10N2OS/c14-8-9-1-4-11(5-2-9)17-13-6-3-10(15)7-12(13)16/h1-7,16H,15H2. The quantitative estimate of drug-likeness (QED) is 0.794. The van der Waals surface area contributed by atoms with E-state index in [2.05, 4.69) is 6.07 Å². The summed E-state index contributed by atoms with van der Waals surface area (Å²) in [4.78, 5) is 1.70. The van der Waals surface area contributed by atoms with Crippen molar-refractivity contribution in [1.29, 1.82) is 5.26 Å². The Bertz CT molecular complexity index is 573. The van der Waals surface area contributed by atoms with Crippen molar-refractivity contribution >= 4 is 17.4 Å². The van der Waals surface area contributed by atoms with E-state index in [-0.39, 0.29) is 5.75 Å². The predicted octanol–water partition coefficient (Wildman–Crippen LogP) is 3.00. The van der Waals surface area contributed by atoms with Gasteiger partial charge in [0.05, 0.1) is 16.5 Å². The van der Waals surface area contributed by atoms with Crippen LogP contribution < -0.4 is 5.73 Å². The summed E-state index contributed by atoms with van der Waals surface area (Å²) in [6.45, 7) is 0. The molecule has 2 aromatic rings. The van der Waals surface area contributed by atoms with Crippen molar-refractivity contribution in [2.24, 2.45) is 0 Å². The van der Waals surface area contributed by atoms with E-state index in [0.717, 1.165) is 9.79 Å². The molecule has 17 heavy (non-hydrogen) atoms. The fraction of sp³-hybridized carbons (Fsp3) is 0. The van der Waals surface area contributed by atoms with Gasteiger partial charge in [-0.25, -0.2) is 0 Å². The van der Waals surface area contributed by atoms with E-state index >= 15 is 0 Å². The normalized spacial score (nSPS) is 9.82. The van der Waals surface area contributed by atoms with E-state index < -0.39 is 0 Å². The van der Waals surface area contributed by atoms with Gasteiger partial charge in [0.25, 0.3) is 0 Å². The van der Waals surface area contributed by atoms with E-state index in [1.165, 1.54) is 17.8 Å². The van der Waals surface area contributed by atoms with Gasteiger partial charge in [-0.3, -0.25) is 0 Å². The molecule has 0 atom stereocenters. The maximum Gasteiger partial charge on any atom is 0.131 e. The number of phenols is 1. The molecule has 0 aliphatic rings. The first-order valence-corrected chi connectivity index (χ1v) is 5.77. The average Bonchev–Trinajstić information content (AvgIpc) is 2.34. The fourth-order valence-corrected chi connectivity index (χ4v) is 2.17. The Hall–Kier alpha value is -2.12. The van der Waals surface area contributed by atoms with Crippen LogP contribution in [0.5, 0.6) is 5.75 Å². The molecule has 0 spiro atoms. The number of nitrogens with two attached hydrogens (primary N) is 1. The lowest BCUT2D eigenvalue weighted by Crippen LogP contribution is -1.84. The molecular formula is C13H10N2OS. The van der Waals surface area contributed by atoms with Crippen molar-refractivity contribution in [3.8, 4) is 11.8 Å². The molecule has 0 saturated heterocycles. The van der Waals surface area contributed by atoms with Gasteiger partial charge in [0.15, 0.2) is 0 Å². The summed E-state index contributed by atoms with van der Waals surface area (Å²) in [7, 11) is 0. The molecule has 0 heterocycles. The number of aromatic hydroxyl groups is 1. The molecule has 0 aliphatic carbocycles. The Morgan fingerprint density at radius 1 is 1.12 bits per heavy atom. The molecule has 2 rings (SSSR count). The van der Waals surface area contributed by atoms with Crippen LogP contribution in [-0.4, -0.2) is 5.11 Å². The number of anilines is 1. The summed E-state index contributed by atoms with van der Waals surface area (Å²) in [6, 6.07) is 14.3. The molecule has 4 heteroatoms. The molecule has 0 aliphatic heterocycles. The number of hydrogen-bond acceptors (Lipinski definition) is 4. The van der Waals surface area contributed by atoms with E-state index in [1.807, 2.05) is 12.1 Å². The Morgan fingerprint density at radius 2 is 1.82 bits per heavy atom. The Labute approximate surface area is 104 Å². The molecule has 84 valence electrons. The van der Waals surface area contributed by atoms with Crippen molar-refractivity contribution in [3.05, 3.63) is 48.0 Å². The second kappa shape index (κ2) is 4.81. The zero-order chi connectivity index (χ0) is 12.3. The molecule has 2 aromatic carbocycles. The van der Waals surface area contributed by atoms with Crippen molar-refractivity contribution in [2.45, 2.75) is 9.79 Å². The molecule has 0 radical (unpaired) electrons. The lowest BCUT2D eigenvalue weighted by atomic mass is 10.2. The number of hydrogen-bond donors (Lipinski definition) is 2. The van der Waals surface area contributed by atoms with Crippen molar-refractivity contribution in [3.63, 3.8) is 0 Å². The summed E-state index contributed by atoms with van der Waals surface area (Å²) in [5, 5.41) is 18.4. The van der Waals surface area contributed by atoms with Gasteiger partial charge in [-0.05, 0) is 36.4 Å². The summed E-state index contributed by atoms with van der Waals surface area (Å²) in [6.07, 6.45) is 0. The first-order chi connectivity index (χ1) is 8.19. The number of nitrogens with zero attached hydrogens (tertiary/aromatic N) is 1. The third kappa shape index (κ3) is 2.71. The number of nitrogen functional groups attached to an aromatic ring is 1. The molecule has 0 aromatic heterocycles. The highest BCUT2D eigenvalue weighted by Gasteiger charge is 2.03. The van der Waals surface area contributed by atoms with Gasteiger partial charge in [0.2, 0.25) is 0 Å². The van der Waals surface area contributed by atoms with Crippen LogP contribution in [0, 0.1) is 11.3 Å². The molecular weight excluding hydrogens is 232 g/mol. The van der Waals surface area contributed by atoms with Crippen LogP contribution in [0.25, 0.3) is 0 Å². The van der Waals surface area contributed by atoms with Crippen LogP contribution in [0.1, 0.15) is 5.56 Å². The third-order valence-electron chi connectivity index (χ3n) is 2.19. The van der Waals surface area contributed by atoms with Gasteiger partial charge >= 0.3 is 0 Å². The van der Waals surface area contributed by atoms with Gasteiger partial charge in [0, 0.05) is 16.6 Å². The first-order valence-electron chi connectivity index (χ1n) is 4.95. The summed E-state index contributed by atoms with van der Waals surface area (Å²) >= 11 is 1.43. The third-order valence-corrected chi connectivity index (χ3v) is 3.27. The number of phenolic OH excluding ortho intramolecular Hbond substituents is 1. The highest BCUT2D eigenvalue weighted by atomic mass is 32.2. The second-order valence-corrected chi connectivity index (χ2v) is 4.58. The molecule has 3 nitrogen and oxygen atoms in total.